The molecule has 33 heavy (non-hydrogen) atoms. The van der Waals surface area contributed by atoms with Crippen LogP contribution in [0.15, 0.2) is 60.7 Å². The number of rotatable bonds is 7. The predicted molar refractivity (Wildman–Crippen MR) is 122 cm³/mol. The zero-order chi connectivity index (χ0) is 23.8. The summed E-state index contributed by atoms with van der Waals surface area (Å²) in [7, 11) is 0. The van der Waals surface area contributed by atoms with E-state index in [2.05, 4.69) is 5.32 Å². The molecule has 0 radical (unpaired) electrons. The van der Waals surface area contributed by atoms with Crippen LogP contribution in [0.5, 0.6) is 0 Å². The Morgan fingerprint density at radius 3 is 2.33 bits per heavy atom. The van der Waals surface area contributed by atoms with Crippen molar-refractivity contribution in [3.05, 3.63) is 94.6 Å². The van der Waals surface area contributed by atoms with Gasteiger partial charge in [0.15, 0.2) is 5.78 Å². The molecule has 0 saturated carbocycles. The molecule has 1 saturated heterocycles. The van der Waals surface area contributed by atoms with Crippen LogP contribution in [0.2, 0.25) is 0 Å². The maximum absolute atomic E-state index is 13.4. The summed E-state index contributed by atoms with van der Waals surface area (Å²) in [5.74, 6) is -1.25. The van der Waals surface area contributed by atoms with Crippen molar-refractivity contribution >= 4 is 17.7 Å². The molecular formula is C26H26FN3O3. The van der Waals surface area contributed by atoms with E-state index in [1.165, 1.54) is 24.3 Å². The Bertz CT molecular complexity index is 1220. The van der Waals surface area contributed by atoms with Gasteiger partial charge < -0.3 is 9.88 Å². The average molecular weight is 448 g/mol. The minimum absolute atomic E-state index is 0.277. The van der Waals surface area contributed by atoms with E-state index in [1.54, 1.807) is 13.0 Å². The molecule has 1 fully saturated rings. The number of urea groups is 1. The van der Waals surface area contributed by atoms with E-state index in [0.717, 1.165) is 21.9 Å². The maximum Gasteiger partial charge on any atom is 0.325 e. The van der Waals surface area contributed by atoms with Crippen molar-refractivity contribution in [3.63, 3.8) is 0 Å². The van der Waals surface area contributed by atoms with E-state index in [4.69, 9.17) is 0 Å². The Kier molecular flexibility index (Phi) is 5.89. The number of halogens is 1. The van der Waals surface area contributed by atoms with Gasteiger partial charge in [-0.3, -0.25) is 14.5 Å². The van der Waals surface area contributed by atoms with Gasteiger partial charge >= 0.3 is 6.03 Å². The fourth-order valence-electron chi connectivity index (χ4n) is 4.47. The molecule has 1 N–H and O–H groups in total. The van der Waals surface area contributed by atoms with Gasteiger partial charge in [-0.1, -0.05) is 49.4 Å². The average Bonchev–Trinajstić information content (AvgIpc) is 3.23. The quantitative estimate of drug-likeness (QED) is 0.433. The van der Waals surface area contributed by atoms with Gasteiger partial charge in [0.05, 0.1) is 6.54 Å². The molecule has 3 amide bonds. The Balaban J connectivity index is 1.57. The highest BCUT2D eigenvalue weighted by atomic mass is 19.1. The van der Waals surface area contributed by atoms with E-state index in [1.807, 2.05) is 48.7 Å². The van der Waals surface area contributed by atoms with Crippen molar-refractivity contribution < 1.29 is 18.8 Å². The molecule has 0 spiro atoms. The third kappa shape index (κ3) is 3.95. The van der Waals surface area contributed by atoms with Gasteiger partial charge in [0, 0.05) is 23.5 Å². The van der Waals surface area contributed by atoms with Crippen molar-refractivity contribution in [3.8, 4) is 0 Å². The molecule has 1 atom stereocenters. The maximum atomic E-state index is 13.4. The molecule has 1 aliphatic heterocycles. The summed E-state index contributed by atoms with van der Waals surface area (Å²) in [4.78, 5) is 40.2. The molecule has 7 heteroatoms. The van der Waals surface area contributed by atoms with Gasteiger partial charge in [0.2, 0.25) is 0 Å². The standard InChI is InChI=1S/C26H26FN3O3/c1-4-26(20-10-12-21(27)13-11-20)24(32)30(25(33)28-26)16-23(31)22-14-17(2)29(18(22)3)15-19-8-6-5-7-9-19/h5-14H,4,15-16H2,1-3H3,(H,28,33)/t26-/m1/s1. The number of nitrogens with one attached hydrogen (secondary N) is 1. The number of hydrogen-bond donors (Lipinski definition) is 1. The van der Waals surface area contributed by atoms with Crippen molar-refractivity contribution in [1.29, 1.82) is 0 Å². The third-order valence-corrected chi connectivity index (χ3v) is 6.40. The highest BCUT2D eigenvalue weighted by Crippen LogP contribution is 2.33. The first-order valence-electron chi connectivity index (χ1n) is 10.9. The van der Waals surface area contributed by atoms with Crippen LogP contribution in [0.3, 0.4) is 0 Å². The Morgan fingerprint density at radius 1 is 1.03 bits per heavy atom. The molecule has 3 aromatic rings. The lowest BCUT2D eigenvalue weighted by molar-refractivity contribution is -0.131. The Hall–Kier alpha value is -3.74. The van der Waals surface area contributed by atoms with Crippen LogP contribution < -0.4 is 5.32 Å². The SMILES string of the molecule is CC[C@]1(c2ccc(F)cc2)NC(=O)N(CC(=O)c2cc(C)n(Cc3ccccc3)c2C)C1=O. The van der Waals surface area contributed by atoms with E-state index in [-0.39, 0.29) is 18.7 Å². The number of aryl methyl sites for hydroxylation is 1. The predicted octanol–water partition coefficient (Wildman–Crippen LogP) is 4.33. The van der Waals surface area contributed by atoms with Crippen LogP contribution in [-0.4, -0.2) is 33.7 Å². The van der Waals surface area contributed by atoms with E-state index >= 15 is 0 Å². The third-order valence-electron chi connectivity index (χ3n) is 6.40. The van der Waals surface area contributed by atoms with E-state index in [0.29, 0.717) is 17.7 Å². The number of imide groups is 1. The van der Waals surface area contributed by atoms with E-state index < -0.39 is 23.3 Å². The van der Waals surface area contributed by atoms with Crippen LogP contribution in [0.1, 0.15) is 46.2 Å². The zero-order valence-corrected chi connectivity index (χ0v) is 18.9. The molecule has 1 aromatic heterocycles. The number of ketones is 1. The molecule has 4 rings (SSSR count). The first-order chi connectivity index (χ1) is 15.8. The van der Waals surface area contributed by atoms with Crippen LogP contribution in [0.4, 0.5) is 9.18 Å². The minimum atomic E-state index is -1.31. The number of carbonyl (C=O) groups is 3. The first kappa shape index (κ1) is 22.5. The second kappa shape index (κ2) is 8.65. The summed E-state index contributed by atoms with van der Waals surface area (Å²) in [6.07, 6.45) is 0.277. The largest absolute Gasteiger partial charge is 0.344 e. The molecule has 0 aliphatic carbocycles. The smallest absolute Gasteiger partial charge is 0.325 e. The van der Waals surface area contributed by atoms with Gasteiger partial charge in [-0.05, 0) is 49.6 Å². The van der Waals surface area contributed by atoms with Gasteiger partial charge in [-0.25, -0.2) is 9.18 Å². The molecule has 170 valence electrons. The Labute approximate surface area is 192 Å². The molecular weight excluding hydrogens is 421 g/mol. The second-order valence-corrected chi connectivity index (χ2v) is 8.37. The number of carbonyl (C=O) groups excluding carboxylic acids is 3. The van der Waals surface area contributed by atoms with Gasteiger partial charge in [0.1, 0.15) is 11.4 Å². The molecule has 2 aromatic carbocycles. The normalized spacial score (nSPS) is 18.0. The van der Waals surface area contributed by atoms with Crippen molar-refractivity contribution in [2.45, 2.75) is 39.3 Å². The summed E-state index contributed by atoms with van der Waals surface area (Å²) in [5.41, 5.74) is 2.48. The van der Waals surface area contributed by atoms with Crippen LogP contribution in [0, 0.1) is 19.7 Å². The molecule has 0 unspecified atom stereocenters. The topological polar surface area (TPSA) is 71.4 Å². The van der Waals surface area contributed by atoms with Crippen LogP contribution in [0.25, 0.3) is 0 Å². The monoisotopic (exact) mass is 447 g/mol. The Morgan fingerprint density at radius 2 is 1.70 bits per heavy atom. The first-order valence-corrected chi connectivity index (χ1v) is 10.9. The van der Waals surface area contributed by atoms with Crippen LogP contribution in [-0.2, 0) is 16.9 Å². The van der Waals surface area contributed by atoms with Gasteiger partial charge in [-0.15, -0.1) is 0 Å². The summed E-state index contributed by atoms with van der Waals surface area (Å²) in [6.45, 7) is 5.83. The van der Waals surface area contributed by atoms with Crippen molar-refractivity contribution in [1.82, 2.24) is 14.8 Å². The number of amides is 3. The van der Waals surface area contributed by atoms with Gasteiger partial charge in [-0.2, -0.15) is 0 Å². The molecule has 1 aliphatic rings. The number of nitrogens with zero attached hydrogens (tertiary/aromatic N) is 2. The fourth-order valence-corrected chi connectivity index (χ4v) is 4.47. The van der Waals surface area contributed by atoms with Gasteiger partial charge in [0.25, 0.3) is 5.91 Å². The summed E-state index contributed by atoms with van der Waals surface area (Å²) in [5, 5.41) is 2.73. The summed E-state index contributed by atoms with van der Waals surface area (Å²) in [6, 6.07) is 16.6. The number of aromatic nitrogens is 1. The van der Waals surface area contributed by atoms with Crippen LogP contribution >= 0.6 is 0 Å². The molecule has 2 heterocycles. The van der Waals surface area contributed by atoms with Crippen molar-refractivity contribution in [2.75, 3.05) is 6.54 Å². The highest BCUT2D eigenvalue weighted by molar-refractivity contribution is 6.11. The zero-order valence-electron chi connectivity index (χ0n) is 18.9. The second-order valence-electron chi connectivity index (χ2n) is 8.37. The number of hydrogen-bond acceptors (Lipinski definition) is 3. The number of benzene rings is 2. The van der Waals surface area contributed by atoms with Crippen molar-refractivity contribution in [2.24, 2.45) is 0 Å². The fraction of sp³-hybridized carbons (Fsp3) is 0.269. The summed E-state index contributed by atoms with van der Waals surface area (Å²) < 4.78 is 15.4. The molecule has 0 bridgehead atoms. The lowest BCUT2D eigenvalue weighted by Crippen LogP contribution is -2.43. The molecule has 6 nitrogen and oxygen atoms in total. The highest BCUT2D eigenvalue weighted by Gasteiger charge is 2.51. The lowest BCUT2D eigenvalue weighted by atomic mass is 9.87. The number of Topliss-reactive ketones (excluding diaryl/α,β-unsaturated/α-hetero) is 1. The summed E-state index contributed by atoms with van der Waals surface area (Å²) >= 11 is 0. The lowest BCUT2D eigenvalue weighted by Gasteiger charge is -2.25. The minimum Gasteiger partial charge on any atom is -0.344 e. The van der Waals surface area contributed by atoms with E-state index in [9.17, 15) is 18.8 Å².